The smallest absolute Gasteiger partial charge is 0.0792 e. The zero-order valence-corrected chi connectivity index (χ0v) is 12.1. The van der Waals surface area contributed by atoms with Crippen molar-refractivity contribution in [3.05, 3.63) is 35.9 Å². The lowest BCUT2D eigenvalue weighted by molar-refractivity contribution is -0.00357. The average Bonchev–Trinajstić information content (AvgIpc) is 2.38. The summed E-state index contributed by atoms with van der Waals surface area (Å²) in [4.78, 5) is 0. The highest BCUT2D eigenvalue weighted by molar-refractivity contribution is 5.20. The fourth-order valence-electron chi connectivity index (χ4n) is 2.23. The first kappa shape index (κ1) is 15.2. The van der Waals surface area contributed by atoms with E-state index in [9.17, 15) is 0 Å². The zero-order valence-electron chi connectivity index (χ0n) is 12.1. The fourth-order valence-corrected chi connectivity index (χ4v) is 2.23. The van der Waals surface area contributed by atoms with Crippen molar-refractivity contribution in [2.24, 2.45) is 5.92 Å². The second-order valence-electron chi connectivity index (χ2n) is 5.03. The van der Waals surface area contributed by atoms with E-state index in [1.54, 1.807) is 0 Å². The molecule has 0 aliphatic heterocycles. The quantitative estimate of drug-likeness (QED) is 0.757. The standard InChI is InChI=1S/C16H27NO/c1-5-12-18-16(13(3)4)15(17-6-2)14-10-8-7-9-11-14/h7-11,13,15-17H,5-6,12H2,1-4H3. The van der Waals surface area contributed by atoms with Gasteiger partial charge in [0.05, 0.1) is 12.1 Å². The average molecular weight is 249 g/mol. The van der Waals surface area contributed by atoms with Gasteiger partial charge in [0.1, 0.15) is 0 Å². The highest BCUT2D eigenvalue weighted by Crippen LogP contribution is 2.24. The topological polar surface area (TPSA) is 21.3 Å². The summed E-state index contributed by atoms with van der Waals surface area (Å²) in [6.07, 6.45) is 1.30. The molecule has 2 unspecified atom stereocenters. The Labute approximate surface area is 112 Å². The Balaban J connectivity index is 2.86. The Morgan fingerprint density at radius 2 is 1.78 bits per heavy atom. The van der Waals surface area contributed by atoms with Gasteiger partial charge in [-0.3, -0.25) is 0 Å². The van der Waals surface area contributed by atoms with Crippen LogP contribution in [0.15, 0.2) is 30.3 Å². The predicted molar refractivity (Wildman–Crippen MR) is 77.7 cm³/mol. The molecule has 0 saturated heterocycles. The van der Waals surface area contributed by atoms with Crippen LogP contribution in [0.4, 0.5) is 0 Å². The van der Waals surface area contributed by atoms with Gasteiger partial charge in [-0.1, -0.05) is 58.0 Å². The molecule has 102 valence electrons. The molecule has 0 aromatic heterocycles. The van der Waals surface area contributed by atoms with Gasteiger partial charge < -0.3 is 10.1 Å². The Bertz CT molecular complexity index is 310. The van der Waals surface area contributed by atoms with Crippen molar-refractivity contribution in [3.8, 4) is 0 Å². The minimum Gasteiger partial charge on any atom is -0.376 e. The summed E-state index contributed by atoms with van der Waals surface area (Å²) >= 11 is 0. The van der Waals surface area contributed by atoms with E-state index in [0.717, 1.165) is 19.6 Å². The molecule has 0 aliphatic carbocycles. The normalized spacial score (nSPS) is 14.7. The third-order valence-electron chi connectivity index (χ3n) is 3.08. The van der Waals surface area contributed by atoms with Gasteiger partial charge in [-0.15, -0.1) is 0 Å². The SMILES string of the molecule is CCCOC(C(C)C)C(NCC)c1ccccc1. The van der Waals surface area contributed by atoms with Crippen molar-refractivity contribution in [2.45, 2.75) is 46.3 Å². The van der Waals surface area contributed by atoms with Crippen molar-refractivity contribution < 1.29 is 4.74 Å². The van der Waals surface area contributed by atoms with E-state index in [1.165, 1.54) is 5.56 Å². The fraction of sp³-hybridized carbons (Fsp3) is 0.625. The van der Waals surface area contributed by atoms with Crippen molar-refractivity contribution in [1.82, 2.24) is 5.32 Å². The highest BCUT2D eigenvalue weighted by Gasteiger charge is 2.25. The molecule has 2 nitrogen and oxygen atoms in total. The number of benzene rings is 1. The van der Waals surface area contributed by atoms with Crippen molar-refractivity contribution >= 4 is 0 Å². The van der Waals surface area contributed by atoms with Crippen molar-refractivity contribution in [3.63, 3.8) is 0 Å². The van der Waals surface area contributed by atoms with Crippen LogP contribution in [0.2, 0.25) is 0 Å². The first-order chi connectivity index (χ1) is 8.70. The van der Waals surface area contributed by atoms with E-state index >= 15 is 0 Å². The Kier molecular flexibility index (Phi) is 6.99. The number of rotatable bonds is 8. The molecule has 0 aliphatic rings. The summed E-state index contributed by atoms with van der Waals surface area (Å²) in [5, 5.41) is 3.56. The van der Waals surface area contributed by atoms with Crippen LogP contribution >= 0.6 is 0 Å². The number of hydrogen-bond acceptors (Lipinski definition) is 2. The lowest BCUT2D eigenvalue weighted by Gasteiger charge is -2.31. The van der Waals surface area contributed by atoms with Gasteiger partial charge in [-0.05, 0) is 24.4 Å². The molecule has 0 radical (unpaired) electrons. The van der Waals surface area contributed by atoms with Crippen LogP contribution in [0.1, 0.15) is 45.7 Å². The van der Waals surface area contributed by atoms with Gasteiger partial charge >= 0.3 is 0 Å². The van der Waals surface area contributed by atoms with Gasteiger partial charge in [-0.25, -0.2) is 0 Å². The summed E-state index contributed by atoms with van der Waals surface area (Å²) in [7, 11) is 0. The monoisotopic (exact) mass is 249 g/mol. The zero-order chi connectivity index (χ0) is 13.4. The molecule has 2 heteroatoms. The van der Waals surface area contributed by atoms with E-state index < -0.39 is 0 Å². The predicted octanol–water partition coefficient (Wildman–Crippen LogP) is 3.79. The molecule has 0 saturated carbocycles. The molecule has 0 bridgehead atoms. The Hall–Kier alpha value is -0.860. The highest BCUT2D eigenvalue weighted by atomic mass is 16.5. The number of nitrogens with one attached hydrogen (secondary N) is 1. The van der Waals surface area contributed by atoms with Crippen LogP contribution in [-0.4, -0.2) is 19.3 Å². The van der Waals surface area contributed by atoms with Gasteiger partial charge in [0, 0.05) is 6.61 Å². The molecule has 0 fully saturated rings. The molecule has 0 heterocycles. The minimum atomic E-state index is 0.229. The maximum atomic E-state index is 6.06. The summed E-state index contributed by atoms with van der Waals surface area (Å²) in [6, 6.07) is 10.9. The molecule has 0 amide bonds. The first-order valence-electron chi connectivity index (χ1n) is 7.10. The number of likely N-dealkylation sites (N-methyl/N-ethyl adjacent to an activating group) is 1. The minimum absolute atomic E-state index is 0.229. The van der Waals surface area contributed by atoms with Crippen LogP contribution in [0.5, 0.6) is 0 Å². The number of ether oxygens (including phenoxy) is 1. The number of hydrogen-bond donors (Lipinski definition) is 1. The molecular formula is C16H27NO. The third kappa shape index (κ3) is 4.43. The Morgan fingerprint density at radius 3 is 2.28 bits per heavy atom. The van der Waals surface area contributed by atoms with E-state index in [0.29, 0.717) is 5.92 Å². The maximum Gasteiger partial charge on any atom is 0.0792 e. The van der Waals surface area contributed by atoms with E-state index in [1.807, 2.05) is 0 Å². The second-order valence-corrected chi connectivity index (χ2v) is 5.03. The lowest BCUT2D eigenvalue weighted by Crippen LogP contribution is -2.37. The molecule has 2 atom stereocenters. The van der Waals surface area contributed by atoms with Gasteiger partial charge in [0.2, 0.25) is 0 Å². The van der Waals surface area contributed by atoms with E-state index in [-0.39, 0.29) is 12.1 Å². The van der Waals surface area contributed by atoms with Crippen LogP contribution in [-0.2, 0) is 4.74 Å². The summed E-state index contributed by atoms with van der Waals surface area (Å²) in [5.41, 5.74) is 1.31. The van der Waals surface area contributed by atoms with Gasteiger partial charge in [0.15, 0.2) is 0 Å². The maximum absolute atomic E-state index is 6.06. The van der Waals surface area contributed by atoms with Gasteiger partial charge in [0.25, 0.3) is 0 Å². The second kappa shape index (κ2) is 8.28. The van der Waals surface area contributed by atoms with Crippen LogP contribution in [0.3, 0.4) is 0 Å². The molecule has 1 N–H and O–H groups in total. The van der Waals surface area contributed by atoms with E-state index in [2.05, 4.69) is 63.3 Å². The lowest BCUT2D eigenvalue weighted by atomic mass is 9.93. The van der Waals surface area contributed by atoms with Crippen LogP contribution in [0.25, 0.3) is 0 Å². The Morgan fingerprint density at radius 1 is 1.11 bits per heavy atom. The van der Waals surface area contributed by atoms with Crippen LogP contribution in [0, 0.1) is 5.92 Å². The van der Waals surface area contributed by atoms with Crippen LogP contribution < -0.4 is 5.32 Å². The molecular weight excluding hydrogens is 222 g/mol. The van der Waals surface area contributed by atoms with E-state index in [4.69, 9.17) is 4.74 Å². The molecule has 0 spiro atoms. The van der Waals surface area contributed by atoms with Crippen molar-refractivity contribution in [1.29, 1.82) is 0 Å². The van der Waals surface area contributed by atoms with Gasteiger partial charge in [-0.2, -0.15) is 0 Å². The van der Waals surface area contributed by atoms with Crippen molar-refractivity contribution in [2.75, 3.05) is 13.2 Å². The molecule has 1 rings (SSSR count). The summed E-state index contributed by atoms with van der Waals surface area (Å²) in [5.74, 6) is 0.501. The summed E-state index contributed by atoms with van der Waals surface area (Å²) in [6.45, 7) is 10.5. The molecule has 1 aromatic carbocycles. The largest absolute Gasteiger partial charge is 0.376 e. The summed E-state index contributed by atoms with van der Waals surface area (Å²) < 4.78 is 6.06. The molecule has 1 aromatic rings. The molecule has 18 heavy (non-hydrogen) atoms. The first-order valence-corrected chi connectivity index (χ1v) is 7.10. The third-order valence-corrected chi connectivity index (χ3v) is 3.08.